The van der Waals surface area contributed by atoms with E-state index >= 15 is 0 Å². The van der Waals surface area contributed by atoms with Gasteiger partial charge in [-0.3, -0.25) is 0 Å². The van der Waals surface area contributed by atoms with E-state index in [2.05, 4.69) is 17.4 Å². The SMILES string of the molecule is Clc1ccccc1NCc1ccccc1OC1CCCC1. The molecule has 0 aliphatic heterocycles. The highest BCUT2D eigenvalue weighted by Gasteiger charge is 2.17. The molecule has 0 saturated heterocycles. The van der Waals surface area contributed by atoms with Crippen molar-refractivity contribution in [1.29, 1.82) is 0 Å². The number of rotatable bonds is 5. The van der Waals surface area contributed by atoms with Crippen molar-refractivity contribution in [2.24, 2.45) is 0 Å². The van der Waals surface area contributed by atoms with Crippen LogP contribution in [0.4, 0.5) is 5.69 Å². The first-order valence-corrected chi connectivity index (χ1v) is 7.94. The molecule has 0 heterocycles. The van der Waals surface area contributed by atoms with E-state index in [0.29, 0.717) is 12.6 Å². The number of hydrogen-bond acceptors (Lipinski definition) is 2. The second kappa shape index (κ2) is 6.86. The third-order valence-corrected chi connectivity index (χ3v) is 4.24. The van der Waals surface area contributed by atoms with Crippen LogP contribution < -0.4 is 10.1 Å². The Hall–Kier alpha value is -1.67. The van der Waals surface area contributed by atoms with Gasteiger partial charge in [0.25, 0.3) is 0 Å². The van der Waals surface area contributed by atoms with Gasteiger partial charge < -0.3 is 10.1 Å². The van der Waals surface area contributed by atoms with Crippen LogP contribution in [0.3, 0.4) is 0 Å². The van der Waals surface area contributed by atoms with Gasteiger partial charge in [-0.1, -0.05) is 41.9 Å². The highest BCUT2D eigenvalue weighted by atomic mass is 35.5. The molecule has 0 radical (unpaired) electrons. The van der Waals surface area contributed by atoms with E-state index in [9.17, 15) is 0 Å². The summed E-state index contributed by atoms with van der Waals surface area (Å²) < 4.78 is 6.15. The van der Waals surface area contributed by atoms with Gasteiger partial charge in [-0.2, -0.15) is 0 Å². The number of anilines is 1. The summed E-state index contributed by atoms with van der Waals surface area (Å²) in [6.45, 7) is 0.715. The summed E-state index contributed by atoms with van der Waals surface area (Å²) in [7, 11) is 0. The topological polar surface area (TPSA) is 21.3 Å². The van der Waals surface area contributed by atoms with Crippen molar-refractivity contribution in [3.8, 4) is 5.75 Å². The average molecular weight is 302 g/mol. The van der Waals surface area contributed by atoms with E-state index in [4.69, 9.17) is 16.3 Å². The maximum Gasteiger partial charge on any atom is 0.124 e. The lowest BCUT2D eigenvalue weighted by Gasteiger charge is -2.17. The number of halogens is 1. The number of benzene rings is 2. The second-order valence-electron chi connectivity index (χ2n) is 5.47. The van der Waals surface area contributed by atoms with Crippen molar-refractivity contribution in [2.75, 3.05) is 5.32 Å². The fourth-order valence-corrected chi connectivity index (χ4v) is 2.95. The highest BCUT2D eigenvalue weighted by molar-refractivity contribution is 6.33. The van der Waals surface area contributed by atoms with E-state index < -0.39 is 0 Å². The minimum atomic E-state index is 0.381. The quantitative estimate of drug-likeness (QED) is 0.812. The normalized spacial score (nSPS) is 15.1. The first-order valence-electron chi connectivity index (χ1n) is 7.56. The Balaban J connectivity index is 1.68. The van der Waals surface area contributed by atoms with Crippen LogP contribution in [0.1, 0.15) is 31.2 Å². The largest absolute Gasteiger partial charge is 0.490 e. The van der Waals surface area contributed by atoms with Crippen LogP contribution >= 0.6 is 11.6 Å². The van der Waals surface area contributed by atoms with E-state index in [1.54, 1.807) is 0 Å². The van der Waals surface area contributed by atoms with Crippen molar-refractivity contribution in [3.63, 3.8) is 0 Å². The third kappa shape index (κ3) is 3.70. The van der Waals surface area contributed by atoms with Gasteiger partial charge >= 0.3 is 0 Å². The van der Waals surface area contributed by atoms with E-state index in [0.717, 1.165) is 16.5 Å². The van der Waals surface area contributed by atoms with Gasteiger partial charge in [0.15, 0.2) is 0 Å². The molecule has 3 rings (SSSR count). The number of nitrogens with one attached hydrogen (secondary N) is 1. The van der Waals surface area contributed by atoms with Gasteiger partial charge in [-0.25, -0.2) is 0 Å². The first-order chi connectivity index (χ1) is 10.3. The molecule has 0 spiro atoms. The molecule has 0 unspecified atom stereocenters. The Morgan fingerprint density at radius 1 is 1.00 bits per heavy atom. The zero-order chi connectivity index (χ0) is 14.5. The molecule has 0 aromatic heterocycles. The van der Waals surface area contributed by atoms with Gasteiger partial charge in [0, 0.05) is 12.1 Å². The molecule has 0 bridgehead atoms. The molecule has 1 aliphatic rings. The van der Waals surface area contributed by atoms with Crippen LogP contribution in [0.2, 0.25) is 5.02 Å². The molecule has 0 amide bonds. The minimum Gasteiger partial charge on any atom is -0.490 e. The molecule has 1 aliphatic carbocycles. The Bertz CT molecular complexity index is 593. The zero-order valence-electron chi connectivity index (χ0n) is 12.0. The van der Waals surface area contributed by atoms with Gasteiger partial charge in [0.05, 0.1) is 16.8 Å². The lowest BCUT2D eigenvalue weighted by Crippen LogP contribution is -2.13. The van der Waals surface area contributed by atoms with Crippen LogP contribution in [0, 0.1) is 0 Å². The summed E-state index contributed by atoms with van der Waals surface area (Å²) in [6.07, 6.45) is 5.29. The zero-order valence-corrected chi connectivity index (χ0v) is 12.8. The van der Waals surface area contributed by atoms with E-state index in [-0.39, 0.29) is 0 Å². The fraction of sp³-hybridized carbons (Fsp3) is 0.333. The van der Waals surface area contributed by atoms with Crippen LogP contribution in [0.25, 0.3) is 0 Å². The summed E-state index contributed by atoms with van der Waals surface area (Å²) >= 11 is 6.17. The van der Waals surface area contributed by atoms with E-state index in [1.807, 2.05) is 36.4 Å². The standard InChI is InChI=1S/C18H20ClNO/c19-16-10-4-5-11-17(16)20-13-14-7-1-6-12-18(14)21-15-8-2-3-9-15/h1,4-7,10-12,15,20H,2-3,8-9,13H2. The lowest BCUT2D eigenvalue weighted by molar-refractivity contribution is 0.208. The second-order valence-corrected chi connectivity index (χ2v) is 5.87. The van der Waals surface area contributed by atoms with Crippen LogP contribution in [-0.2, 0) is 6.54 Å². The monoisotopic (exact) mass is 301 g/mol. The number of para-hydroxylation sites is 2. The molecule has 2 aromatic carbocycles. The summed E-state index contributed by atoms with van der Waals surface area (Å²) in [5.41, 5.74) is 2.12. The lowest BCUT2D eigenvalue weighted by atomic mass is 10.2. The predicted octanol–water partition coefficient (Wildman–Crippen LogP) is 5.27. The molecule has 1 fully saturated rings. The molecular formula is C18H20ClNO. The third-order valence-electron chi connectivity index (χ3n) is 3.91. The smallest absolute Gasteiger partial charge is 0.124 e. The maximum absolute atomic E-state index is 6.17. The molecule has 110 valence electrons. The molecule has 2 nitrogen and oxygen atoms in total. The van der Waals surface area contributed by atoms with Gasteiger partial charge in [-0.15, -0.1) is 0 Å². The predicted molar refractivity (Wildman–Crippen MR) is 88.1 cm³/mol. The average Bonchev–Trinajstić information content (AvgIpc) is 3.01. The first kappa shape index (κ1) is 14.3. The molecule has 21 heavy (non-hydrogen) atoms. The Labute approximate surface area is 131 Å². The van der Waals surface area contributed by atoms with Crippen LogP contribution in [-0.4, -0.2) is 6.10 Å². The van der Waals surface area contributed by atoms with Gasteiger partial charge in [-0.05, 0) is 43.9 Å². The Kier molecular flexibility index (Phi) is 4.66. The van der Waals surface area contributed by atoms with Crippen molar-refractivity contribution >= 4 is 17.3 Å². The highest BCUT2D eigenvalue weighted by Crippen LogP contribution is 2.28. The van der Waals surface area contributed by atoms with Crippen molar-refractivity contribution in [2.45, 2.75) is 38.3 Å². The maximum atomic E-state index is 6.17. The van der Waals surface area contributed by atoms with Crippen molar-refractivity contribution < 1.29 is 4.74 Å². The summed E-state index contributed by atoms with van der Waals surface area (Å²) in [4.78, 5) is 0. The summed E-state index contributed by atoms with van der Waals surface area (Å²) in [5.74, 6) is 0.990. The molecule has 0 atom stereocenters. The fourth-order valence-electron chi connectivity index (χ4n) is 2.75. The van der Waals surface area contributed by atoms with Crippen LogP contribution in [0.15, 0.2) is 48.5 Å². The minimum absolute atomic E-state index is 0.381. The van der Waals surface area contributed by atoms with Crippen molar-refractivity contribution in [1.82, 2.24) is 0 Å². The van der Waals surface area contributed by atoms with Gasteiger partial charge in [0.1, 0.15) is 5.75 Å². The summed E-state index contributed by atoms with van der Waals surface area (Å²) in [5, 5.41) is 4.12. The summed E-state index contributed by atoms with van der Waals surface area (Å²) in [6, 6.07) is 16.0. The van der Waals surface area contributed by atoms with E-state index in [1.165, 1.54) is 31.2 Å². The molecule has 1 N–H and O–H groups in total. The van der Waals surface area contributed by atoms with Gasteiger partial charge in [0.2, 0.25) is 0 Å². The Morgan fingerprint density at radius 3 is 2.52 bits per heavy atom. The van der Waals surface area contributed by atoms with Crippen LogP contribution in [0.5, 0.6) is 5.75 Å². The number of ether oxygens (including phenoxy) is 1. The number of hydrogen-bond donors (Lipinski definition) is 1. The molecule has 1 saturated carbocycles. The molecule has 3 heteroatoms. The molecular weight excluding hydrogens is 282 g/mol. The molecule has 2 aromatic rings. The van der Waals surface area contributed by atoms with Crippen molar-refractivity contribution in [3.05, 3.63) is 59.1 Å². The Morgan fingerprint density at radius 2 is 1.71 bits per heavy atom.